The van der Waals surface area contributed by atoms with Gasteiger partial charge in [-0.2, -0.15) is 9.78 Å². The van der Waals surface area contributed by atoms with E-state index < -0.39 is 0 Å². The van der Waals surface area contributed by atoms with Crippen LogP contribution >= 0.6 is 0 Å². The number of hydrogen-bond acceptors (Lipinski definition) is 2. The Morgan fingerprint density at radius 2 is 2.06 bits per heavy atom. The lowest BCUT2D eigenvalue weighted by atomic mass is 10.1. The molecular formula is C12H13N3O. The standard InChI is InChI=1S/C12H13N3O/c1-10(11-6-3-2-4-7-11)14-12(16)15-9-5-8-13-15/h2-10H,1H3,(H,14,16). The van der Waals surface area contributed by atoms with Crippen LogP contribution in [0, 0.1) is 0 Å². The van der Waals surface area contributed by atoms with E-state index in [1.165, 1.54) is 4.68 Å². The molecule has 1 aromatic heterocycles. The first kappa shape index (κ1) is 10.4. The Morgan fingerprint density at radius 1 is 1.31 bits per heavy atom. The van der Waals surface area contributed by atoms with Gasteiger partial charge in [0.2, 0.25) is 0 Å². The second kappa shape index (κ2) is 4.61. The first-order valence-corrected chi connectivity index (χ1v) is 5.13. The van der Waals surface area contributed by atoms with Gasteiger partial charge in [0.1, 0.15) is 0 Å². The van der Waals surface area contributed by atoms with Crippen molar-refractivity contribution in [3.63, 3.8) is 0 Å². The Morgan fingerprint density at radius 3 is 2.69 bits per heavy atom. The van der Waals surface area contributed by atoms with E-state index in [-0.39, 0.29) is 12.1 Å². The summed E-state index contributed by atoms with van der Waals surface area (Å²) in [5, 5.41) is 6.73. The number of amides is 1. The summed E-state index contributed by atoms with van der Waals surface area (Å²) >= 11 is 0. The summed E-state index contributed by atoms with van der Waals surface area (Å²) in [6.07, 6.45) is 3.19. The van der Waals surface area contributed by atoms with Crippen molar-refractivity contribution < 1.29 is 4.79 Å². The van der Waals surface area contributed by atoms with Gasteiger partial charge in [0.15, 0.2) is 0 Å². The van der Waals surface area contributed by atoms with E-state index in [2.05, 4.69) is 10.4 Å². The smallest absolute Gasteiger partial charge is 0.330 e. The summed E-state index contributed by atoms with van der Waals surface area (Å²) < 4.78 is 1.28. The molecule has 0 radical (unpaired) electrons. The maximum atomic E-state index is 11.7. The summed E-state index contributed by atoms with van der Waals surface area (Å²) in [7, 11) is 0. The van der Waals surface area contributed by atoms with E-state index in [0.717, 1.165) is 5.56 Å². The number of benzene rings is 1. The zero-order chi connectivity index (χ0) is 11.4. The lowest BCUT2D eigenvalue weighted by molar-refractivity contribution is 0.236. The molecule has 82 valence electrons. The zero-order valence-corrected chi connectivity index (χ0v) is 9.00. The van der Waals surface area contributed by atoms with Crippen molar-refractivity contribution in [1.82, 2.24) is 15.1 Å². The maximum Gasteiger partial charge on any atom is 0.342 e. The van der Waals surface area contributed by atoms with E-state index in [9.17, 15) is 4.79 Å². The largest absolute Gasteiger partial charge is 0.342 e. The van der Waals surface area contributed by atoms with Crippen molar-refractivity contribution in [3.05, 3.63) is 54.4 Å². The predicted octanol–water partition coefficient (Wildman–Crippen LogP) is 2.20. The SMILES string of the molecule is CC(NC(=O)n1cccn1)c1ccccc1. The van der Waals surface area contributed by atoms with Crippen molar-refractivity contribution in [2.24, 2.45) is 0 Å². The number of carbonyl (C=O) groups excluding carboxylic acids is 1. The highest BCUT2D eigenvalue weighted by molar-refractivity contribution is 5.75. The van der Waals surface area contributed by atoms with Gasteiger partial charge < -0.3 is 5.32 Å². The van der Waals surface area contributed by atoms with Gasteiger partial charge in [0.05, 0.1) is 6.04 Å². The molecule has 1 heterocycles. The molecule has 0 aliphatic heterocycles. The molecule has 1 unspecified atom stereocenters. The summed E-state index contributed by atoms with van der Waals surface area (Å²) in [6, 6.07) is 11.3. The van der Waals surface area contributed by atoms with Gasteiger partial charge in [0.25, 0.3) is 0 Å². The van der Waals surface area contributed by atoms with E-state index in [1.54, 1.807) is 18.5 Å². The summed E-state index contributed by atoms with van der Waals surface area (Å²) in [5.74, 6) is 0. The molecule has 0 spiro atoms. The van der Waals surface area contributed by atoms with Crippen LogP contribution in [-0.4, -0.2) is 15.8 Å². The minimum absolute atomic E-state index is 0.0297. The minimum atomic E-state index is -0.221. The van der Waals surface area contributed by atoms with Crippen LogP contribution in [0.1, 0.15) is 18.5 Å². The van der Waals surface area contributed by atoms with Gasteiger partial charge in [-0.25, -0.2) is 4.79 Å². The second-order valence-corrected chi connectivity index (χ2v) is 3.53. The molecule has 1 aromatic carbocycles. The highest BCUT2D eigenvalue weighted by atomic mass is 16.2. The topological polar surface area (TPSA) is 46.9 Å². The monoisotopic (exact) mass is 215 g/mol. The fourth-order valence-electron chi connectivity index (χ4n) is 1.47. The lowest BCUT2D eigenvalue weighted by Gasteiger charge is -2.13. The summed E-state index contributed by atoms with van der Waals surface area (Å²) in [5.41, 5.74) is 1.07. The highest BCUT2D eigenvalue weighted by Crippen LogP contribution is 2.10. The summed E-state index contributed by atoms with van der Waals surface area (Å²) in [6.45, 7) is 1.94. The molecule has 4 nitrogen and oxygen atoms in total. The van der Waals surface area contributed by atoms with Gasteiger partial charge in [-0.05, 0) is 18.6 Å². The molecule has 0 aliphatic rings. The fourth-order valence-corrected chi connectivity index (χ4v) is 1.47. The fraction of sp³-hybridized carbons (Fsp3) is 0.167. The molecule has 16 heavy (non-hydrogen) atoms. The number of carbonyl (C=O) groups is 1. The van der Waals surface area contributed by atoms with Crippen LogP contribution in [0.5, 0.6) is 0 Å². The molecular weight excluding hydrogens is 202 g/mol. The molecule has 2 rings (SSSR count). The zero-order valence-electron chi connectivity index (χ0n) is 9.00. The molecule has 0 aliphatic carbocycles. The Balaban J connectivity index is 2.03. The Bertz CT molecular complexity index is 450. The molecule has 0 saturated heterocycles. The molecule has 0 saturated carbocycles. The quantitative estimate of drug-likeness (QED) is 0.834. The van der Waals surface area contributed by atoms with E-state index in [0.29, 0.717) is 0 Å². The Hall–Kier alpha value is -2.10. The molecule has 1 N–H and O–H groups in total. The first-order valence-electron chi connectivity index (χ1n) is 5.13. The van der Waals surface area contributed by atoms with Crippen LogP contribution in [0.4, 0.5) is 4.79 Å². The van der Waals surface area contributed by atoms with E-state index in [1.807, 2.05) is 37.3 Å². The van der Waals surface area contributed by atoms with Crippen LogP contribution in [0.2, 0.25) is 0 Å². The molecule has 1 amide bonds. The number of nitrogens with zero attached hydrogens (tertiary/aromatic N) is 2. The Kier molecular flexibility index (Phi) is 3.00. The molecule has 2 aromatic rings. The average Bonchev–Trinajstić information content (AvgIpc) is 2.83. The predicted molar refractivity (Wildman–Crippen MR) is 61.0 cm³/mol. The molecule has 1 atom stereocenters. The number of hydrogen-bond donors (Lipinski definition) is 1. The third-order valence-corrected chi connectivity index (χ3v) is 2.35. The second-order valence-electron chi connectivity index (χ2n) is 3.53. The van der Waals surface area contributed by atoms with E-state index in [4.69, 9.17) is 0 Å². The maximum absolute atomic E-state index is 11.7. The number of aromatic nitrogens is 2. The normalized spacial score (nSPS) is 12.1. The van der Waals surface area contributed by atoms with Crippen LogP contribution in [0.15, 0.2) is 48.8 Å². The van der Waals surface area contributed by atoms with Crippen molar-refractivity contribution in [3.8, 4) is 0 Å². The van der Waals surface area contributed by atoms with Crippen LogP contribution in [0.3, 0.4) is 0 Å². The van der Waals surface area contributed by atoms with Gasteiger partial charge in [-0.15, -0.1) is 0 Å². The van der Waals surface area contributed by atoms with Crippen molar-refractivity contribution >= 4 is 6.03 Å². The van der Waals surface area contributed by atoms with Crippen LogP contribution in [0.25, 0.3) is 0 Å². The van der Waals surface area contributed by atoms with Gasteiger partial charge in [0, 0.05) is 12.4 Å². The van der Waals surface area contributed by atoms with E-state index >= 15 is 0 Å². The molecule has 0 bridgehead atoms. The average molecular weight is 215 g/mol. The third kappa shape index (κ3) is 2.28. The third-order valence-electron chi connectivity index (χ3n) is 2.35. The minimum Gasteiger partial charge on any atom is -0.330 e. The van der Waals surface area contributed by atoms with Crippen LogP contribution in [-0.2, 0) is 0 Å². The Labute approximate surface area is 93.9 Å². The molecule has 4 heteroatoms. The van der Waals surface area contributed by atoms with Crippen molar-refractivity contribution in [1.29, 1.82) is 0 Å². The summed E-state index contributed by atoms with van der Waals surface area (Å²) in [4.78, 5) is 11.7. The highest BCUT2D eigenvalue weighted by Gasteiger charge is 2.10. The van der Waals surface area contributed by atoms with Gasteiger partial charge >= 0.3 is 6.03 Å². The number of rotatable bonds is 2. The molecule has 0 fully saturated rings. The lowest BCUT2D eigenvalue weighted by Crippen LogP contribution is -2.31. The number of nitrogens with one attached hydrogen (secondary N) is 1. The van der Waals surface area contributed by atoms with Gasteiger partial charge in [-0.3, -0.25) is 0 Å². The van der Waals surface area contributed by atoms with Crippen molar-refractivity contribution in [2.45, 2.75) is 13.0 Å². The van der Waals surface area contributed by atoms with Crippen molar-refractivity contribution in [2.75, 3.05) is 0 Å². The van der Waals surface area contributed by atoms with Crippen LogP contribution < -0.4 is 5.32 Å². The first-order chi connectivity index (χ1) is 7.77. The van der Waals surface area contributed by atoms with Gasteiger partial charge in [-0.1, -0.05) is 30.3 Å².